The smallest absolute Gasteiger partial charge is 0.266 e. The molecule has 86 valence electrons. The summed E-state index contributed by atoms with van der Waals surface area (Å²) >= 11 is 5.27. The Balaban J connectivity index is 2.77. The van der Waals surface area contributed by atoms with Crippen LogP contribution in [-0.2, 0) is 16.1 Å². The van der Waals surface area contributed by atoms with Crippen LogP contribution in [0.4, 0.5) is 0 Å². The number of carbonyl (C=O) groups is 1. The van der Waals surface area contributed by atoms with E-state index in [2.05, 4.69) is 0 Å². The third kappa shape index (κ3) is 2.09. The average Bonchev–Trinajstić information content (AvgIpc) is 2.33. The van der Waals surface area contributed by atoms with Gasteiger partial charge in [0.05, 0.1) is 0 Å². The molecule has 2 aromatic rings. The van der Waals surface area contributed by atoms with Crippen molar-refractivity contribution in [2.75, 3.05) is 0 Å². The summed E-state index contributed by atoms with van der Waals surface area (Å²) in [6.45, 7) is 0. The van der Waals surface area contributed by atoms with Crippen LogP contribution in [0, 0.1) is 0 Å². The van der Waals surface area contributed by atoms with Gasteiger partial charge in [-0.2, -0.15) is 0 Å². The van der Waals surface area contributed by atoms with Crippen LogP contribution in [0.15, 0.2) is 36.4 Å². The van der Waals surface area contributed by atoms with E-state index in [1.165, 1.54) is 6.07 Å². The van der Waals surface area contributed by atoms with Gasteiger partial charge in [0.1, 0.15) is 21.9 Å². The van der Waals surface area contributed by atoms with Crippen LogP contribution >= 0.6 is 11.6 Å². The van der Waals surface area contributed by atoms with Crippen molar-refractivity contribution >= 4 is 43.7 Å². The molecule has 0 aliphatic rings. The third-order valence-corrected chi connectivity index (χ3v) is 3.28. The summed E-state index contributed by atoms with van der Waals surface area (Å²) in [6, 6.07) is 10.4. The number of benzene rings is 2. The molecular formula is C12H7ClO3S. The predicted octanol–water partition coefficient (Wildman–Crippen LogP) is 2.04. The van der Waals surface area contributed by atoms with E-state index in [9.17, 15) is 14.1 Å². The molecule has 0 heterocycles. The maximum absolute atomic E-state index is 11.1. The Morgan fingerprint density at radius 3 is 2.53 bits per heavy atom. The zero-order chi connectivity index (χ0) is 12.4. The molecule has 0 saturated heterocycles. The first kappa shape index (κ1) is 11.8. The Hall–Kier alpha value is -1.65. The number of halogens is 1. The summed E-state index contributed by atoms with van der Waals surface area (Å²) in [5.41, 5.74) is 0.170. The van der Waals surface area contributed by atoms with Gasteiger partial charge in [0, 0.05) is 10.9 Å². The van der Waals surface area contributed by atoms with Gasteiger partial charge in [-0.05, 0) is 23.1 Å². The fourth-order valence-corrected chi connectivity index (χ4v) is 2.14. The van der Waals surface area contributed by atoms with Crippen LogP contribution in [0.2, 0.25) is 0 Å². The number of aromatic hydroxyl groups is 1. The molecule has 1 N–H and O–H groups in total. The second-order valence-electron chi connectivity index (χ2n) is 3.37. The maximum atomic E-state index is 11.1. The Morgan fingerprint density at radius 1 is 1.18 bits per heavy atom. The van der Waals surface area contributed by atoms with Gasteiger partial charge in [-0.15, -0.1) is 0 Å². The van der Waals surface area contributed by atoms with E-state index in [-0.39, 0.29) is 27.4 Å². The fraction of sp³-hybridized carbons (Fsp3) is 0. The molecule has 0 atom stereocenters. The maximum Gasteiger partial charge on any atom is 0.266 e. The second-order valence-corrected chi connectivity index (χ2v) is 4.29. The summed E-state index contributed by atoms with van der Waals surface area (Å²) in [5, 5.41) is 10.6. The molecule has 0 aliphatic heterocycles. The molecular weight excluding hydrogens is 260 g/mol. The van der Waals surface area contributed by atoms with Crippen molar-refractivity contribution in [2.45, 2.75) is 0 Å². The Morgan fingerprint density at radius 2 is 1.88 bits per heavy atom. The molecule has 0 radical (unpaired) electrons. The van der Waals surface area contributed by atoms with Crippen LogP contribution in [0.5, 0.6) is 5.75 Å². The van der Waals surface area contributed by atoms with Crippen molar-refractivity contribution in [3.63, 3.8) is 0 Å². The highest BCUT2D eigenvalue weighted by Crippen LogP contribution is 2.29. The van der Waals surface area contributed by atoms with Gasteiger partial charge in [0.2, 0.25) is 0 Å². The summed E-state index contributed by atoms with van der Waals surface area (Å²) in [4.78, 5) is 10.9. The van der Waals surface area contributed by atoms with Crippen molar-refractivity contribution in [3.8, 4) is 5.75 Å². The average molecular weight is 267 g/mol. The molecule has 17 heavy (non-hydrogen) atoms. The highest BCUT2D eigenvalue weighted by Gasteiger charge is 2.16. The first-order valence-corrected chi connectivity index (χ1v) is 5.85. The second kappa shape index (κ2) is 4.69. The van der Waals surface area contributed by atoms with Crippen molar-refractivity contribution in [1.29, 1.82) is 0 Å². The van der Waals surface area contributed by atoms with Gasteiger partial charge in [-0.25, -0.2) is 4.21 Å². The first-order chi connectivity index (χ1) is 8.15. The topological polar surface area (TPSA) is 54.4 Å². The summed E-state index contributed by atoms with van der Waals surface area (Å²) in [7, 11) is 0. The first-order valence-electron chi connectivity index (χ1n) is 4.73. The normalized spacial score (nSPS) is 10.2. The SMILES string of the molecule is O=S=C(C(=O)Cl)c1ccc2ccccc2c1O. The van der Waals surface area contributed by atoms with Gasteiger partial charge >= 0.3 is 0 Å². The summed E-state index contributed by atoms with van der Waals surface area (Å²) in [5.74, 6) is -0.101. The zero-order valence-electron chi connectivity index (χ0n) is 8.51. The van der Waals surface area contributed by atoms with E-state index in [1.807, 2.05) is 12.1 Å². The van der Waals surface area contributed by atoms with E-state index in [0.717, 1.165) is 5.39 Å². The Labute approximate surface area is 106 Å². The van der Waals surface area contributed by atoms with Crippen molar-refractivity contribution in [3.05, 3.63) is 42.0 Å². The van der Waals surface area contributed by atoms with Crippen LogP contribution in [-0.4, -0.2) is 19.4 Å². The Bertz CT molecular complexity index is 660. The fourth-order valence-electron chi connectivity index (χ4n) is 1.62. The number of phenolic OH excluding ortho intramolecular Hbond substituents is 1. The van der Waals surface area contributed by atoms with Crippen LogP contribution in [0.1, 0.15) is 5.56 Å². The lowest BCUT2D eigenvalue weighted by Gasteiger charge is -2.06. The number of hydrogen-bond acceptors (Lipinski definition) is 3. The van der Waals surface area contributed by atoms with E-state index < -0.39 is 5.24 Å². The molecule has 0 bridgehead atoms. The monoisotopic (exact) mass is 266 g/mol. The third-order valence-electron chi connectivity index (χ3n) is 2.41. The molecule has 3 nitrogen and oxygen atoms in total. The molecule has 0 aliphatic carbocycles. The lowest BCUT2D eigenvalue weighted by molar-refractivity contribution is -0.106. The molecule has 2 rings (SSSR count). The molecule has 0 unspecified atom stereocenters. The Kier molecular flexibility index (Phi) is 3.26. The van der Waals surface area contributed by atoms with E-state index >= 15 is 0 Å². The highest BCUT2D eigenvalue weighted by atomic mass is 35.5. The molecule has 0 amide bonds. The van der Waals surface area contributed by atoms with Crippen LogP contribution in [0.3, 0.4) is 0 Å². The van der Waals surface area contributed by atoms with Crippen LogP contribution < -0.4 is 0 Å². The van der Waals surface area contributed by atoms with Crippen molar-refractivity contribution in [2.24, 2.45) is 0 Å². The zero-order valence-corrected chi connectivity index (χ0v) is 10.1. The molecule has 0 spiro atoms. The van der Waals surface area contributed by atoms with Crippen molar-refractivity contribution in [1.82, 2.24) is 0 Å². The lowest BCUT2D eigenvalue weighted by Crippen LogP contribution is -2.09. The molecule has 0 fully saturated rings. The number of carbonyl (C=O) groups excluding carboxylic acids is 1. The number of phenols is 1. The van der Waals surface area contributed by atoms with Crippen molar-refractivity contribution < 1.29 is 14.1 Å². The standard InChI is InChI=1S/C12H7ClO3S/c13-12(15)11(17-16)9-6-5-7-3-1-2-4-8(7)10(9)14/h1-6,14H. The lowest BCUT2D eigenvalue weighted by atomic mass is 10.0. The van der Waals surface area contributed by atoms with Gasteiger partial charge in [-0.1, -0.05) is 30.3 Å². The minimum atomic E-state index is -0.865. The van der Waals surface area contributed by atoms with Gasteiger partial charge in [-0.3, -0.25) is 4.79 Å². The number of rotatable bonds is 2. The molecule has 5 heteroatoms. The quantitative estimate of drug-likeness (QED) is 0.514. The number of hydrogen-bond donors (Lipinski definition) is 1. The van der Waals surface area contributed by atoms with E-state index in [4.69, 9.17) is 11.6 Å². The van der Waals surface area contributed by atoms with E-state index in [0.29, 0.717) is 5.39 Å². The number of fused-ring (bicyclic) bond motifs is 1. The highest BCUT2D eigenvalue weighted by molar-refractivity contribution is 7.70. The molecule has 0 saturated carbocycles. The largest absolute Gasteiger partial charge is 0.507 e. The minimum absolute atomic E-state index is 0.0210. The van der Waals surface area contributed by atoms with Gasteiger partial charge in [0.15, 0.2) is 0 Å². The van der Waals surface area contributed by atoms with Crippen LogP contribution in [0.25, 0.3) is 10.8 Å². The van der Waals surface area contributed by atoms with Gasteiger partial charge in [0.25, 0.3) is 5.24 Å². The summed E-state index contributed by atoms with van der Waals surface area (Å²) in [6.07, 6.45) is 0. The molecule has 2 aromatic carbocycles. The summed E-state index contributed by atoms with van der Waals surface area (Å²) < 4.78 is 10.8. The minimum Gasteiger partial charge on any atom is -0.507 e. The van der Waals surface area contributed by atoms with E-state index in [1.54, 1.807) is 18.2 Å². The predicted molar refractivity (Wildman–Crippen MR) is 68.7 cm³/mol. The van der Waals surface area contributed by atoms with Gasteiger partial charge < -0.3 is 5.11 Å². The molecule has 0 aromatic heterocycles.